The molecule has 0 spiro atoms. The van der Waals surface area contributed by atoms with E-state index in [-0.39, 0.29) is 6.10 Å². The van der Waals surface area contributed by atoms with Crippen LogP contribution >= 0.6 is 0 Å². The maximum Gasteiger partial charge on any atom is 0.154 e. The van der Waals surface area contributed by atoms with Gasteiger partial charge >= 0.3 is 0 Å². The smallest absolute Gasteiger partial charge is 0.154 e. The fraction of sp³-hybridized carbons (Fsp3) is 0.818. The number of aliphatic hydroxyl groups excluding tert-OH is 1. The molecular weight excluding hydrogens is 204 g/mol. The van der Waals surface area contributed by atoms with Gasteiger partial charge in [0.2, 0.25) is 0 Å². The molecular formula is C11H18N4O. The fourth-order valence-corrected chi connectivity index (χ4v) is 2.56. The van der Waals surface area contributed by atoms with Crippen LogP contribution < -0.4 is 5.32 Å². The first-order valence-electron chi connectivity index (χ1n) is 6.15. The predicted molar refractivity (Wildman–Crippen MR) is 59.2 cm³/mol. The number of nitrogens with one attached hydrogen (secondary N) is 1. The van der Waals surface area contributed by atoms with Crippen LogP contribution in [0, 0.1) is 0 Å². The van der Waals surface area contributed by atoms with Gasteiger partial charge in [-0.25, -0.2) is 9.67 Å². The van der Waals surface area contributed by atoms with Crippen molar-refractivity contribution in [2.24, 2.45) is 0 Å². The number of aryl methyl sites for hydroxylation is 1. The Morgan fingerprint density at radius 3 is 2.88 bits per heavy atom. The van der Waals surface area contributed by atoms with Gasteiger partial charge in [-0.2, -0.15) is 5.10 Å². The number of aliphatic hydroxyl groups is 1. The van der Waals surface area contributed by atoms with Crippen molar-refractivity contribution in [3.8, 4) is 0 Å². The number of aromatic nitrogens is 3. The molecule has 1 fully saturated rings. The van der Waals surface area contributed by atoms with Gasteiger partial charge in [-0.1, -0.05) is 0 Å². The van der Waals surface area contributed by atoms with Crippen molar-refractivity contribution < 1.29 is 5.11 Å². The number of hydrogen-bond donors (Lipinski definition) is 2. The van der Waals surface area contributed by atoms with Gasteiger partial charge in [0.15, 0.2) is 5.82 Å². The van der Waals surface area contributed by atoms with Gasteiger partial charge in [0.1, 0.15) is 5.82 Å². The second-order valence-corrected chi connectivity index (χ2v) is 4.79. The van der Waals surface area contributed by atoms with E-state index < -0.39 is 0 Å². The van der Waals surface area contributed by atoms with Crippen LogP contribution in [0.25, 0.3) is 0 Å². The SMILES string of the molecule is OC1CCc2nc(C3CCNCC3)nn2C1. The summed E-state index contributed by atoms with van der Waals surface area (Å²) in [7, 11) is 0. The van der Waals surface area contributed by atoms with Crippen LogP contribution in [0.15, 0.2) is 0 Å². The maximum atomic E-state index is 9.58. The van der Waals surface area contributed by atoms with Crippen LogP contribution in [0.1, 0.15) is 36.8 Å². The van der Waals surface area contributed by atoms with E-state index >= 15 is 0 Å². The summed E-state index contributed by atoms with van der Waals surface area (Å²) in [6.07, 6.45) is 3.71. The zero-order chi connectivity index (χ0) is 11.0. The van der Waals surface area contributed by atoms with Crippen molar-refractivity contribution in [3.63, 3.8) is 0 Å². The molecule has 1 unspecified atom stereocenters. The third-order valence-electron chi connectivity index (χ3n) is 3.55. The molecule has 1 aromatic rings. The minimum atomic E-state index is -0.241. The summed E-state index contributed by atoms with van der Waals surface area (Å²) in [5, 5.41) is 17.5. The first-order chi connectivity index (χ1) is 7.83. The van der Waals surface area contributed by atoms with Crippen molar-refractivity contribution in [3.05, 3.63) is 11.6 Å². The lowest BCUT2D eigenvalue weighted by Gasteiger charge is -2.19. The fourth-order valence-electron chi connectivity index (χ4n) is 2.56. The Hall–Kier alpha value is -0.940. The predicted octanol–water partition coefficient (Wildman–Crippen LogP) is 0.0522. The molecule has 0 aromatic carbocycles. The lowest BCUT2D eigenvalue weighted by Crippen LogP contribution is -2.27. The Labute approximate surface area is 94.9 Å². The molecule has 88 valence electrons. The van der Waals surface area contributed by atoms with E-state index in [0.717, 1.165) is 50.4 Å². The molecule has 16 heavy (non-hydrogen) atoms. The lowest BCUT2D eigenvalue weighted by molar-refractivity contribution is 0.124. The van der Waals surface area contributed by atoms with Crippen molar-refractivity contribution in [2.45, 2.75) is 44.2 Å². The van der Waals surface area contributed by atoms with Gasteiger partial charge < -0.3 is 10.4 Å². The molecule has 0 amide bonds. The summed E-state index contributed by atoms with van der Waals surface area (Å²) in [6, 6.07) is 0. The Morgan fingerprint density at radius 1 is 1.25 bits per heavy atom. The van der Waals surface area contributed by atoms with Gasteiger partial charge in [0.05, 0.1) is 12.6 Å². The molecule has 2 N–H and O–H groups in total. The molecule has 1 atom stereocenters. The Morgan fingerprint density at radius 2 is 2.06 bits per heavy atom. The molecule has 3 rings (SSSR count). The van der Waals surface area contributed by atoms with Crippen LogP contribution in [0.2, 0.25) is 0 Å². The van der Waals surface area contributed by atoms with Crippen LogP contribution in [0.3, 0.4) is 0 Å². The molecule has 0 bridgehead atoms. The van der Waals surface area contributed by atoms with E-state index in [1.807, 2.05) is 4.68 Å². The zero-order valence-electron chi connectivity index (χ0n) is 9.39. The largest absolute Gasteiger partial charge is 0.391 e. The third kappa shape index (κ3) is 1.85. The lowest BCUT2D eigenvalue weighted by atomic mass is 9.98. The average molecular weight is 222 g/mol. The van der Waals surface area contributed by atoms with Gasteiger partial charge in [-0.3, -0.25) is 0 Å². The normalized spacial score (nSPS) is 26.7. The highest BCUT2D eigenvalue weighted by atomic mass is 16.3. The summed E-state index contributed by atoms with van der Waals surface area (Å²) in [6.45, 7) is 2.75. The molecule has 1 aromatic heterocycles. The molecule has 3 heterocycles. The topological polar surface area (TPSA) is 63.0 Å². The van der Waals surface area contributed by atoms with E-state index in [0.29, 0.717) is 12.5 Å². The first-order valence-corrected chi connectivity index (χ1v) is 6.15. The monoisotopic (exact) mass is 222 g/mol. The molecule has 5 heteroatoms. The maximum absolute atomic E-state index is 9.58. The minimum absolute atomic E-state index is 0.241. The molecule has 0 saturated carbocycles. The number of hydrogen-bond acceptors (Lipinski definition) is 4. The zero-order valence-corrected chi connectivity index (χ0v) is 9.39. The summed E-state index contributed by atoms with van der Waals surface area (Å²) in [4.78, 5) is 4.62. The minimum Gasteiger partial charge on any atom is -0.391 e. The Kier molecular flexibility index (Phi) is 2.65. The highest BCUT2D eigenvalue weighted by Crippen LogP contribution is 2.24. The van der Waals surface area contributed by atoms with Crippen molar-refractivity contribution >= 4 is 0 Å². The Bertz CT molecular complexity index is 370. The summed E-state index contributed by atoms with van der Waals surface area (Å²) in [5.41, 5.74) is 0. The van der Waals surface area contributed by atoms with E-state index in [9.17, 15) is 5.11 Å². The van der Waals surface area contributed by atoms with Gasteiger partial charge in [-0.05, 0) is 32.4 Å². The number of fused-ring (bicyclic) bond motifs is 1. The van der Waals surface area contributed by atoms with Crippen LogP contribution in [0.5, 0.6) is 0 Å². The van der Waals surface area contributed by atoms with E-state index in [4.69, 9.17) is 0 Å². The first kappa shape index (κ1) is 10.2. The molecule has 2 aliphatic heterocycles. The average Bonchev–Trinajstić information content (AvgIpc) is 2.73. The van der Waals surface area contributed by atoms with Gasteiger partial charge in [-0.15, -0.1) is 0 Å². The van der Waals surface area contributed by atoms with Crippen molar-refractivity contribution in [1.82, 2.24) is 20.1 Å². The summed E-state index contributed by atoms with van der Waals surface area (Å²) in [5.74, 6) is 2.56. The number of nitrogens with zero attached hydrogens (tertiary/aromatic N) is 3. The number of rotatable bonds is 1. The molecule has 1 saturated heterocycles. The molecule has 2 aliphatic rings. The second kappa shape index (κ2) is 4.14. The van der Waals surface area contributed by atoms with Gasteiger partial charge in [0, 0.05) is 12.3 Å². The van der Waals surface area contributed by atoms with Crippen LogP contribution in [-0.2, 0) is 13.0 Å². The van der Waals surface area contributed by atoms with Crippen LogP contribution in [0.4, 0.5) is 0 Å². The van der Waals surface area contributed by atoms with Crippen LogP contribution in [-0.4, -0.2) is 39.1 Å². The van der Waals surface area contributed by atoms with E-state index in [1.165, 1.54) is 0 Å². The van der Waals surface area contributed by atoms with Crippen molar-refractivity contribution in [1.29, 1.82) is 0 Å². The molecule has 0 radical (unpaired) electrons. The van der Waals surface area contributed by atoms with Gasteiger partial charge in [0.25, 0.3) is 0 Å². The summed E-state index contributed by atoms with van der Waals surface area (Å²) < 4.78 is 1.89. The van der Waals surface area contributed by atoms with E-state index in [1.54, 1.807) is 0 Å². The standard InChI is InChI=1S/C11H18N4O/c16-9-1-2-10-13-11(14-15(10)7-9)8-3-5-12-6-4-8/h8-9,12,16H,1-7H2. The molecule has 0 aliphatic carbocycles. The highest BCUT2D eigenvalue weighted by Gasteiger charge is 2.24. The Balaban J connectivity index is 1.80. The molecule has 5 nitrogen and oxygen atoms in total. The summed E-state index contributed by atoms with van der Waals surface area (Å²) >= 11 is 0. The highest BCUT2D eigenvalue weighted by molar-refractivity contribution is 5.03. The quantitative estimate of drug-likeness (QED) is 0.705. The third-order valence-corrected chi connectivity index (χ3v) is 3.55. The van der Waals surface area contributed by atoms with Crippen molar-refractivity contribution in [2.75, 3.05) is 13.1 Å². The second-order valence-electron chi connectivity index (χ2n) is 4.79. The van der Waals surface area contributed by atoms with E-state index in [2.05, 4.69) is 15.4 Å². The number of piperidine rings is 1.